The zero-order valence-corrected chi connectivity index (χ0v) is 16.4. The third kappa shape index (κ3) is 4.82. The van der Waals surface area contributed by atoms with Crippen molar-refractivity contribution in [2.45, 2.75) is 25.6 Å². The quantitative estimate of drug-likeness (QED) is 0.600. The van der Waals surface area contributed by atoms with E-state index in [-0.39, 0.29) is 26.3 Å². The van der Waals surface area contributed by atoms with Crippen molar-refractivity contribution in [3.8, 4) is 0 Å². The molecule has 168 valence electrons. The van der Waals surface area contributed by atoms with Crippen molar-refractivity contribution in [3.05, 3.63) is 46.7 Å². The molecule has 1 aromatic rings. The molecule has 0 aliphatic carbocycles. The van der Waals surface area contributed by atoms with Gasteiger partial charge in [-0.2, -0.15) is 13.2 Å². The van der Waals surface area contributed by atoms with E-state index in [1.807, 2.05) is 0 Å². The summed E-state index contributed by atoms with van der Waals surface area (Å²) in [5, 5.41) is 21.7. The number of carboxylic acid groups (broad SMARTS) is 1. The first-order valence-corrected chi connectivity index (χ1v) is 9.50. The highest BCUT2D eigenvalue weighted by Crippen LogP contribution is 2.43. The number of aliphatic hydroxyl groups is 1. The molecule has 1 spiro atoms. The van der Waals surface area contributed by atoms with Crippen molar-refractivity contribution in [1.29, 1.82) is 0 Å². The molecule has 2 heterocycles. The minimum atomic E-state index is -4.49. The van der Waals surface area contributed by atoms with Crippen molar-refractivity contribution >= 4 is 17.8 Å². The number of amides is 2. The van der Waals surface area contributed by atoms with Crippen molar-refractivity contribution in [3.63, 3.8) is 0 Å². The summed E-state index contributed by atoms with van der Waals surface area (Å²) in [5.74, 6) is -3.57. The van der Waals surface area contributed by atoms with E-state index in [1.54, 1.807) is 0 Å². The van der Waals surface area contributed by atoms with Gasteiger partial charge in [-0.15, -0.1) is 0 Å². The number of aliphatic carboxylic acids is 1. The number of alkyl halides is 3. The molecule has 0 radical (unpaired) electrons. The molecule has 8 nitrogen and oxygen atoms in total. The number of carbonyl (C=O) groups excluding carboxylic acids is 2. The average molecular weight is 442 g/mol. The van der Waals surface area contributed by atoms with Crippen LogP contribution in [-0.4, -0.2) is 59.2 Å². The molecule has 2 aliphatic rings. The topological polar surface area (TPSA) is 116 Å². The fraction of sp³-hybridized carbons (Fsp3) is 0.450. The van der Waals surface area contributed by atoms with Gasteiger partial charge in [0.25, 0.3) is 11.8 Å². The van der Waals surface area contributed by atoms with Crippen LogP contribution in [0, 0.1) is 5.41 Å². The van der Waals surface area contributed by atoms with E-state index < -0.39 is 52.8 Å². The summed E-state index contributed by atoms with van der Waals surface area (Å²) in [6, 6.07) is 4.30. The van der Waals surface area contributed by atoms with Gasteiger partial charge in [-0.1, -0.05) is 12.1 Å². The number of aliphatic hydroxyl groups excluding tert-OH is 1. The Labute approximate surface area is 175 Å². The molecule has 2 amide bonds. The Morgan fingerprint density at radius 1 is 1.16 bits per heavy atom. The molecule has 11 heteroatoms. The minimum absolute atomic E-state index is 0.0533. The number of ether oxygens (including phenoxy) is 1. The Morgan fingerprint density at radius 2 is 1.77 bits per heavy atom. The van der Waals surface area contributed by atoms with Crippen LogP contribution in [0.5, 0.6) is 0 Å². The Bertz CT molecular complexity index is 904. The predicted octanol–water partition coefficient (Wildman–Crippen LogP) is 1.86. The maximum atomic E-state index is 13.0. The monoisotopic (exact) mass is 442 g/mol. The molecule has 3 N–H and O–H groups in total. The number of carboxylic acids is 1. The van der Waals surface area contributed by atoms with Crippen LogP contribution in [0.2, 0.25) is 0 Å². The van der Waals surface area contributed by atoms with Gasteiger partial charge in [0.2, 0.25) is 0 Å². The highest BCUT2D eigenvalue weighted by Gasteiger charge is 2.48. The predicted molar refractivity (Wildman–Crippen MR) is 99.6 cm³/mol. The minimum Gasteiger partial charge on any atom is -0.511 e. The number of benzene rings is 1. The second-order valence-corrected chi connectivity index (χ2v) is 7.55. The molecule has 31 heavy (non-hydrogen) atoms. The zero-order chi connectivity index (χ0) is 22.8. The fourth-order valence-electron chi connectivity index (χ4n) is 3.79. The number of hydrogen-bond acceptors (Lipinski definition) is 5. The molecular formula is C20H21F3N2O6. The summed E-state index contributed by atoms with van der Waals surface area (Å²) >= 11 is 0. The molecule has 1 aromatic carbocycles. The van der Waals surface area contributed by atoms with Gasteiger partial charge in [-0.05, 0) is 30.5 Å². The SMILES string of the molecule is O=C(O)CNC(=O)C1=C(O)C2(CCOCC2)CN(Cc2ccc(C(F)(F)F)cc2)C1=O. The maximum Gasteiger partial charge on any atom is 0.416 e. The number of carbonyl (C=O) groups is 3. The molecule has 1 saturated heterocycles. The van der Waals surface area contributed by atoms with Crippen LogP contribution in [0.1, 0.15) is 24.0 Å². The molecule has 2 aliphatic heterocycles. The molecule has 0 saturated carbocycles. The molecule has 1 fully saturated rings. The molecular weight excluding hydrogens is 421 g/mol. The number of nitrogens with zero attached hydrogens (tertiary/aromatic N) is 1. The van der Waals surface area contributed by atoms with E-state index in [2.05, 4.69) is 5.32 Å². The Kier molecular flexibility index (Phi) is 6.25. The lowest BCUT2D eigenvalue weighted by atomic mass is 9.73. The number of rotatable bonds is 5. The molecule has 0 bridgehead atoms. The second kappa shape index (κ2) is 8.58. The second-order valence-electron chi connectivity index (χ2n) is 7.55. The number of hydrogen-bond donors (Lipinski definition) is 3. The smallest absolute Gasteiger partial charge is 0.416 e. The normalized spacial score (nSPS) is 18.9. The number of halogens is 3. The Balaban J connectivity index is 1.90. The van der Waals surface area contributed by atoms with Crippen LogP contribution in [0.25, 0.3) is 0 Å². The van der Waals surface area contributed by atoms with E-state index in [1.165, 1.54) is 17.0 Å². The first-order valence-electron chi connectivity index (χ1n) is 9.50. The van der Waals surface area contributed by atoms with Gasteiger partial charge in [-0.25, -0.2) is 0 Å². The fourth-order valence-corrected chi connectivity index (χ4v) is 3.79. The lowest BCUT2D eigenvalue weighted by Gasteiger charge is -2.44. The van der Waals surface area contributed by atoms with Gasteiger partial charge in [0.1, 0.15) is 17.9 Å². The third-order valence-electron chi connectivity index (χ3n) is 5.47. The maximum absolute atomic E-state index is 13.0. The molecule has 0 aromatic heterocycles. The van der Waals surface area contributed by atoms with Gasteiger partial charge in [0.05, 0.1) is 11.0 Å². The summed E-state index contributed by atoms with van der Waals surface area (Å²) in [6.45, 7) is -0.189. The summed E-state index contributed by atoms with van der Waals surface area (Å²) in [4.78, 5) is 37.5. The first-order chi connectivity index (χ1) is 14.5. The van der Waals surface area contributed by atoms with Gasteiger partial charge >= 0.3 is 12.1 Å². The van der Waals surface area contributed by atoms with Crippen molar-refractivity contribution < 1.29 is 42.5 Å². The van der Waals surface area contributed by atoms with Gasteiger partial charge in [0.15, 0.2) is 0 Å². The lowest BCUT2D eigenvalue weighted by molar-refractivity contribution is -0.140. The highest BCUT2D eigenvalue weighted by atomic mass is 19.4. The van der Waals surface area contributed by atoms with E-state index in [9.17, 15) is 32.7 Å². The van der Waals surface area contributed by atoms with E-state index >= 15 is 0 Å². The summed E-state index contributed by atoms with van der Waals surface area (Å²) in [5.41, 5.74) is -1.92. The van der Waals surface area contributed by atoms with Crippen molar-refractivity contribution in [1.82, 2.24) is 10.2 Å². The highest BCUT2D eigenvalue weighted by molar-refractivity contribution is 6.19. The first kappa shape index (κ1) is 22.6. The number of nitrogens with one attached hydrogen (secondary N) is 1. The molecule has 0 atom stereocenters. The summed E-state index contributed by atoms with van der Waals surface area (Å²) in [6.07, 6.45) is -3.84. The van der Waals surface area contributed by atoms with E-state index in [0.29, 0.717) is 18.4 Å². The summed E-state index contributed by atoms with van der Waals surface area (Å²) in [7, 11) is 0. The van der Waals surface area contributed by atoms with E-state index in [0.717, 1.165) is 12.1 Å². The van der Waals surface area contributed by atoms with Crippen LogP contribution in [-0.2, 0) is 31.8 Å². The van der Waals surface area contributed by atoms with Crippen LogP contribution < -0.4 is 5.32 Å². The molecule has 0 unspecified atom stereocenters. The van der Waals surface area contributed by atoms with Gasteiger partial charge < -0.3 is 25.2 Å². The Hall–Kier alpha value is -3.08. The van der Waals surface area contributed by atoms with Crippen LogP contribution in [0.4, 0.5) is 13.2 Å². The standard InChI is InChI=1S/C20H21F3N2O6/c21-20(22,23)13-3-1-12(2-4-13)10-25-11-19(5-7-31-8-6-19)16(28)15(18(25)30)17(29)24-9-14(26)27/h1-4,28H,5-11H2,(H,24,29)(H,26,27). The van der Waals surface area contributed by atoms with Gasteiger partial charge in [0, 0.05) is 26.3 Å². The lowest BCUT2D eigenvalue weighted by Crippen LogP contribution is -2.52. The van der Waals surface area contributed by atoms with Crippen LogP contribution in [0.15, 0.2) is 35.6 Å². The van der Waals surface area contributed by atoms with Crippen molar-refractivity contribution in [2.24, 2.45) is 5.41 Å². The Morgan fingerprint density at radius 3 is 2.32 bits per heavy atom. The largest absolute Gasteiger partial charge is 0.511 e. The molecule has 3 rings (SSSR count). The zero-order valence-electron chi connectivity index (χ0n) is 16.4. The van der Waals surface area contributed by atoms with Crippen molar-refractivity contribution in [2.75, 3.05) is 26.3 Å². The summed E-state index contributed by atoms with van der Waals surface area (Å²) < 4.78 is 43.7. The van der Waals surface area contributed by atoms with E-state index in [4.69, 9.17) is 9.84 Å². The average Bonchev–Trinajstić information content (AvgIpc) is 2.71. The van der Waals surface area contributed by atoms with Crippen LogP contribution >= 0.6 is 0 Å². The third-order valence-corrected chi connectivity index (χ3v) is 5.47. The van der Waals surface area contributed by atoms with Gasteiger partial charge in [-0.3, -0.25) is 14.4 Å². The van der Waals surface area contributed by atoms with Crippen LogP contribution in [0.3, 0.4) is 0 Å².